The molecule has 2 N–H and O–H groups in total. The maximum atomic E-state index is 12.6. The molecule has 0 spiro atoms. The van der Waals surface area contributed by atoms with Gasteiger partial charge in [0.05, 0.1) is 6.42 Å². The van der Waals surface area contributed by atoms with Gasteiger partial charge in [-0.3, -0.25) is 10.1 Å². The predicted molar refractivity (Wildman–Crippen MR) is 133 cm³/mol. The third kappa shape index (κ3) is 5.58. The van der Waals surface area contributed by atoms with Crippen molar-refractivity contribution in [2.45, 2.75) is 33.3 Å². The molecule has 7 nitrogen and oxygen atoms in total. The number of benzene rings is 3. The number of carboxylic acid groups (broad SMARTS) is 1. The van der Waals surface area contributed by atoms with E-state index in [4.69, 9.17) is 14.4 Å². The van der Waals surface area contributed by atoms with Gasteiger partial charge in [0.15, 0.2) is 5.76 Å². The molecule has 0 saturated carbocycles. The van der Waals surface area contributed by atoms with Crippen LogP contribution in [0.1, 0.15) is 35.5 Å². The third-order valence-electron chi connectivity index (χ3n) is 5.80. The van der Waals surface area contributed by atoms with Gasteiger partial charge in [-0.1, -0.05) is 78.0 Å². The predicted octanol–water partition coefficient (Wildman–Crippen LogP) is 6.56. The van der Waals surface area contributed by atoms with Crippen molar-refractivity contribution in [2.75, 3.05) is 5.32 Å². The van der Waals surface area contributed by atoms with Crippen LogP contribution in [0, 0.1) is 13.8 Å². The quantitative estimate of drug-likeness (QED) is 0.317. The first-order valence-corrected chi connectivity index (χ1v) is 11.2. The molecule has 35 heavy (non-hydrogen) atoms. The molecule has 0 radical (unpaired) electrons. The average molecular weight is 471 g/mol. The Morgan fingerprint density at radius 2 is 1.54 bits per heavy atom. The smallest absolute Gasteiger partial charge is 0.412 e. The Balaban J connectivity index is 1.48. The Kier molecular flexibility index (Phi) is 6.96. The van der Waals surface area contributed by atoms with Crippen LogP contribution in [-0.4, -0.2) is 22.3 Å². The summed E-state index contributed by atoms with van der Waals surface area (Å²) < 4.78 is 10.9. The van der Waals surface area contributed by atoms with Crippen molar-refractivity contribution in [3.8, 4) is 22.4 Å². The molecule has 0 aliphatic carbocycles. The molecule has 1 atom stereocenters. The molecular weight excluding hydrogens is 444 g/mol. The van der Waals surface area contributed by atoms with E-state index >= 15 is 0 Å². The van der Waals surface area contributed by atoms with Gasteiger partial charge in [0, 0.05) is 5.56 Å². The van der Waals surface area contributed by atoms with Crippen LogP contribution in [0.5, 0.6) is 0 Å². The SMILES string of the molecule is Cc1ccccc1[C@@H](C)OC(=O)Nc1c(-c2ccc(-c3ccc(CC(=O)O)cc3)cc2)noc1C. The number of amides is 1. The molecule has 0 unspecified atom stereocenters. The van der Waals surface area contributed by atoms with E-state index in [-0.39, 0.29) is 6.42 Å². The van der Waals surface area contributed by atoms with E-state index in [9.17, 15) is 9.59 Å². The molecule has 4 aromatic rings. The molecule has 3 aromatic carbocycles. The average Bonchev–Trinajstić information content (AvgIpc) is 3.19. The van der Waals surface area contributed by atoms with Crippen LogP contribution in [0.4, 0.5) is 10.5 Å². The fourth-order valence-corrected chi connectivity index (χ4v) is 3.93. The lowest BCUT2D eigenvalue weighted by Gasteiger charge is -2.16. The summed E-state index contributed by atoms with van der Waals surface area (Å²) in [5.74, 6) is -0.387. The lowest BCUT2D eigenvalue weighted by atomic mass is 10.0. The number of hydrogen-bond donors (Lipinski definition) is 2. The molecule has 1 heterocycles. The molecule has 0 saturated heterocycles. The van der Waals surface area contributed by atoms with Crippen LogP contribution in [0.3, 0.4) is 0 Å². The van der Waals surface area contributed by atoms with Crippen molar-refractivity contribution >= 4 is 17.7 Å². The first kappa shape index (κ1) is 23.8. The van der Waals surface area contributed by atoms with Crippen molar-refractivity contribution in [1.82, 2.24) is 5.16 Å². The van der Waals surface area contributed by atoms with Crippen LogP contribution in [0.25, 0.3) is 22.4 Å². The number of aromatic nitrogens is 1. The maximum Gasteiger partial charge on any atom is 0.412 e. The van der Waals surface area contributed by atoms with Gasteiger partial charge < -0.3 is 14.4 Å². The Morgan fingerprint density at radius 3 is 2.17 bits per heavy atom. The summed E-state index contributed by atoms with van der Waals surface area (Å²) in [6.45, 7) is 5.53. The topological polar surface area (TPSA) is 102 Å². The highest BCUT2D eigenvalue weighted by Gasteiger charge is 2.20. The summed E-state index contributed by atoms with van der Waals surface area (Å²) in [5, 5.41) is 15.8. The molecule has 7 heteroatoms. The molecular formula is C28H26N2O5. The Bertz CT molecular complexity index is 1340. The zero-order valence-corrected chi connectivity index (χ0v) is 19.7. The van der Waals surface area contributed by atoms with Crippen molar-refractivity contribution in [2.24, 2.45) is 0 Å². The van der Waals surface area contributed by atoms with Gasteiger partial charge in [-0.15, -0.1) is 0 Å². The number of nitrogens with zero attached hydrogens (tertiary/aromatic N) is 1. The van der Waals surface area contributed by atoms with E-state index in [1.165, 1.54) is 0 Å². The van der Waals surface area contributed by atoms with E-state index in [2.05, 4.69) is 10.5 Å². The second-order valence-electron chi connectivity index (χ2n) is 8.34. The number of carboxylic acids is 1. The molecule has 1 amide bonds. The molecule has 4 rings (SSSR count). The number of nitrogens with one attached hydrogen (secondary N) is 1. The summed E-state index contributed by atoms with van der Waals surface area (Å²) in [4.78, 5) is 23.5. The van der Waals surface area contributed by atoms with E-state index in [1.54, 1.807) is 6.92 Å². The summed E-state index contributed by atoms with van der Waals surface area (Å²) in [6.07, 6.45) is -1.01. The first-order chi connectivity index (χ1) is 16.8. The van der Waals surface area contributed by atoms with Crippen LogP contribution in [0.15, 0.2) is 77.3 Å². The molecule has 0 fully saturated rings. The van der Waals surface area contributed by atoms with Gasteiger partial charge in [-0.05, 0) is 48.6 Å². The summed E-state index contributed by atoms with van der Waals surface area (Å²) in [6, 6.07) is 22.8. The van der Waals surface area contributed by atoms with Gasteiger partial charge >= 0.3 is 12.1 Å². The Labute approximate surface area is 203 Å². The maximum absolute atomic E-state index is 12.6. The summed E-state index contributed by atoms with van der Waals surface area (Å²) in [7, 11) is 0. The number of hydrogen-bond acceptors (Lipinski definition) is 5. The fraction of sp³-hybridized carbons (Fsp3) is 0.179. The van der Waals surface area contributed by atoms with Crippen LogP contribution in [-0.2, 0) is 16.0 Å². The molecule has 1 aromatic heterocycles. The highest BCUT2D eigenvalue weighted by Crippen LogP contribution is 2.32. The van der Waals surface area contributed by atoms with Crippen molar-refractivity contribution < 1.29 is 24.0 Å². The summed E-state index contributed by atoms with van der Waals surface area (Å²) in [5.41, 5.74) is 6.41. The molecule has 0 aliphatic heterocycles. The number of ether oxygens (including phenoxy) is 1. The zero-order chi connectivity index (χ0) is 24.9. The minimum atomic E-state index is -0.858. The zero-order valence-electron chi connectivity index (χ0n) is 19.7. The van der Waals surface area contributed by atoms with Crippen molar-refractivity contribution in [3.05, 3.63) is 95.2 Å². The summed E-state index contributed by atoms with van der Waals surface area (Å²) >= 11 is 0. The first-order valence-electron chi connectivity index (χ1n) is 11.2. The number of carbonyl (C=O) groups is 2. The van der Waals surface area contributed by atoms with Gasteiger partial charge in [0.25, 0.3) is 0 Å². The van der Waals surface area contributed by atoms with Gasteiger partial charge in [-0.2, -0.15) is 0 Å². The van der Waals surface area contributed by atoms with Gasteiger partial charge in [0.2, 0.25) is 0 Å². The monoisotopic (exact) mass is 470 g/mol. The van der Waals surface area contributed by atoms with Crippen LogP contribution < -0.4 is 5.32 Å². The van der Waals surface area contributed by atoms with E-state index in [0.29, 0.717) is 17.1 Å². The highest BCUT2D eigenvalue weighted by atomic mass is 16.6. The Hall–Kier alpha value is -4.39. The standard InChI is InChI=1S/C28H26N2O5/c1-17-6-4-5-7-24(17)18(2)34-28(33)29-26-19(3)35-30-27(26)23-14-12-22(13-15-23)21-10-8-20(9-11-21)16-25(31)32/h4-15,18H,16H2,1-3H3,(H,29,33)(H,31,32)/t18-/m1/s1. The lowest BCUT2D eigenvalue weighted by molar-refractivity contribution is -0.136. The van der Waals surface area contributed by atoms with Crippen LogP contribution in [0.2, 0.25) is 0 Å². The normalized spacial score (nSPS) is 11.6. The Morgan fingerprint density at radius 1 is 0.943 bits per heavy atom. The second kappa shape index (κ2) is 10.3. The largest absolute Gasteiger partial charge is 0.481 e. The lowest BCUT2D eigenvalue weighted by Crippen LogP contribution is -2.17. The van der Waals surface area contributed by atoms with E-state index in [0.717, 1.165) is 33.4 Å². The molecule has 0 aliphatic rings. The number of rotatable bonds is 7. The molecule has 0 bridgehead atoms. The van der Waals surface area contributed by atoms with E-state index < -0.39 is 18.2 Å². The van der Waals surface area contributed by atoms with Crippen molar-refractivity contribution in [1.29, 1.82) is 0 Å². The number of aliphatic carboxylic acids is 1. The van der Waals surface area contributed by atoms with Gasteiger partial charge in [0.1, 0.15) is 17.5 Å². The van der Waals surface area contributed by atoms with Crippen molar-refractivity contribution in [3.63, 3.8) is 0 Å². The number of anilines is 1. The second-order valence-corrected chi connectivity index (χ2v) is 8.34. The number of aryl methyl sites for hydroxylation is 2. The minimum Gasteiger partial charge on any atom is -0.481 e. The van der Waals surface area contributed by atoms with Crippen LogP contribution >= 0.6 is 0 Å². The van der Waals surface area contributed by atoms with Gasteiger partial charge in [-0.25, -0.2) is 4.79 Å². The van der Waals surface area contributed by atoms with E-state index in [1.807, 2.05) is 86.6 Å². The third-order valence-corrected chi connectivity index (χ3v) is 5.80. The fourth-order valence-electron chi connectivity index (χ4n) is 3.93. The highest BCUT2D eigenvalue weighted by molar-refractivity contribution is 5.91. The molecule has 178 valence electrons. The minimum absolute atomic E-state index is 0.00727. The number of carbonyl (C=O) groups excluding carboxylic acids is 1.